The second-order valence-electron chi connectivity index (χ2n) is 9.49. The molecule has 8 nitrogen and oxygen atoms in total. The number of methoxy groups -OCH3 is 1. The summed E-state index contributed by atoms with van der Waals surface area (Å²) in [5.41, 5.74) is 4.48. The summed E-state index contributed by atoms with van der Waals surface area (Å²) in [7, 11) is 3.10. The Bertz CT molecular complexity index is 1140. The van der Waals surface area contributed by atoms with Gasteiger partial charge in [0.1, 0.15) is 11.3 Å². The Kier molecular flexibility index (Phi) is 7.07. The van der Waals surface area contributed by atoms with Crippen LogP contribution in [0.15, 0.2) is 29.1 Å². The van der Waals surface area contributed by atoms with Crippen molar-refractivity contribution < 1.29 is 19.1 Å². The average Bonchev–Trinajstić information content (AvgIpc) is 2.96. The zero-order valence-electron chi connectivity index (χ0n) is 20.4. The number of ether oxygens (including phenoxy) is 2. The summed E-state index contributed by atoms with van der Waals surface area (Å²) in [5.74, 6) is -0.167. The molecule has 1 fully saturated rings. The molecule has 1 aromatic heterocycles. The standard InChI is InChI=1S/C26H33N3O5/c1-17-9-18(2)11-19(10-17)15-28-6-5-21-25(26(32)33-4)22(13-24(31)29(21)8-7-28)34-16-20-12-23(30)27(3)14-20/h9-11,13,20H,5-8,12,14-16H2,1-4H3/t20-/m0/s1. The van der Waals surface area contributed by atoms with Crippen LogP contribution in [0.1, 0.15) is 39.2 Å². The molecule has 0 unspecified atom stereocenters. The number of nitrogens with zero attached hydrogens (tertiary/aromatic N) is 3. The lowest BCUT2D eigenvalue weighted by atomic mass is 10.1. The quantitative estimate of drug-likeness (QED) is 0.606. The number of amides is 1. The first-order chi connectivity index (χ1) is 16.2. The van der Waals surface area contributed by atoms with E-state index in [0.717, 1.165) is 6.54 Å². The zero-order valence-corrected chi connectivity index (χ0v) is 20.4. The van der Waals surface area contributed by atoms with E-state index in [2.05, 4.69) is 36.9 Å². The van der Waals surface area contributed by atoms with Gasteiger partial charge in [-0.3, -0.25) is 14.5 Å². The van der Waals surface area contributed by atoms with E-state index >= 15 is 0 Å². The molecular formula is C26H33N3O5. The molecule has 1 atom stereocenters. The van der Waals surface area contributed by atoms with Crippen LogP contribution in [-0.4, -0.2) is 66.6 Å². The van der Waals surface area contributed by atoms with Gasteiger partial charge in [-0.25, -0.2) is 4.79 Å². The van der Waals surface area contributed by atoms with Crippen LogP contribution in [0.4, 0.5) is 0 Å². The van der Waals surface area contributed by atoms with Gasteiger partial charge in [0, 0.05) is 70.3 Å². The topological polar surface area (TPSA) is 81.1 Å². The Morgan fingerprint density at radius 1 is 1.06 bits per heavy atom. The summed E-state index contributed by atoms with van der Waals surface area (Å²) in [6, 6.07) is 7.92. The van der Waals surface area contributed by atoms with Gasteiger partial charge in [-0.15, -0.1) is 0 Å². The van der Waals surface area contributed by atoms with Gasteiger partial charge in [-0.1, -0.05) is 29.3 Å². The maximum absolute atomic E-state index is 13.0. The molecule has 8 heteroatoms. The second-order valence-corrected chi connectivity index (χ2v) is 9.49. The lowest BCUT2D eigenvalue weighted by Gasteiger charge is -2.20. The van der Waals surface area contributed by atoms with Crippen LogP contribution in [0.5, 0.6) is 5.75 Å². The predicted molar refractivity (Wildman–Crippen MR) is 128 cm³/mol. The molecule has 182 valence electrons. The van der Waals surface area contributed by atoms with Crippen molar-refractivity contribution in [1.29, 1.82) is 0 Å². The molecule has 0 aliphatic carbocycles. The monoisotopic (exact) mass is 467 g/mol. The zero-order chi connectivity index (χ0) is 24.4. The van der Waals surface area contributed by atoms with E-state index < -0.39 is 5.97 Å². The van der Waals surface area contributed by atoms with Crippen LogP contribution in [0.3, 0.4) is 0 Å². The van der Waals surface area contributed by atoms with Crippen molar-refractivity contribution in [2.24, 2.45) is 5.92 Å². The number of pyridine rings is 1. The van der Waals surface area contributed by atoms with E-state index in [-0.39, 0.29) is 29.7 Å². The molecule has 2 aliphatic rings. The van der Waals surface area contributed by atoms with Crippen molar-refractivity contribution in [1.82, 2.24) is 14.4 Å². The van der Waals surface area contributed by atoms with Crippen molar-refractivity contribution in [3.05, 3.63) is 62.6 Å². The summed E-state index contributed by atoms with van der Waals surface area (Å²) in [4.78, 5) is 41.6. The van der Waals surface area contributed by atoms with E-state index in [1.807, 2.05) is 0 Å². The van der Waals surface area contributed by atoms with Crippen molar-refractivity contribution in [2.45, 2.75) is 39.8 Å². The fraction of sp³-hybridized carbons (Fsp3) is 0.500. The number of likely N-dealkylation sites (tertiary alicyclic amines) is 1. The number of hydrogen-bond donors (Lipinski definition) is 0. The average molecular weight is 468 g/mol. The first-order valence-electron chi connectivity index (χ1n) is 11.8. The fourth-order valence-electron chi connectivity index (χ4n) is 5.08. The number of carbonyl (C=O) groups excluding carboxylic acids is 2. The molecular weight excluding hydrogens is 434 g/mol. The number of fused-ring (bicyclic) bond motifs is 1. The molecule has 1 saturated heterocycles. The Hall–Kier alpha value is -3.13. The number of aromatic nitrogens is 1. The van der Waals surface area contributed by atoms with Crippen LogP contribution in [0, 0.1) is 19.8 Å². The van der Waals surface area contributed by atoms with E-state index in [1.165, 1.54) is 29.9 Å². The predicted octanol–water partition coefficient (Wildman–Crippen LogP) is 2.17. The molecule has 34 heavy (non-hydrogen) atoms. The fourth-order valence-corrected chi connectivity index (χ4v) is 5.08. The summed E-state index contributed by atoms with van der Waals surface area (Å²) >= 11 is 0. The molecule has 3 heterocycles. The van der Waals surface area contributed by atoms with Gasteiger partial charge < -0.3 is 18.9 Å². The maximum atomic E-state index is 13.0. The maximum Gasteiger partial charge on any atom is 0.343 e. The van der Waals surface area contributed by atoms with Gasteiger partial charge in [0.05, 0.1) is 13.7 Å². The normalized spacial score (nSPS) is 18.5. The molecule has 0 N–H and O–H groups in total. The molecule has 0 bridgehead atoms. The number of benzene rings is 1. The molecule has 2 aromatic rings. The molecule has 2 aliphatic heterocycles. The van der Waals surface area contributed by atoms with Crippen LogP contribution < -0.4 is 10.3 Å². The van der Waals surface area contributed by atoms with Gasteiger partial charge in [0.2, 0.25) is 5.91 Å². The molecule has 4 rings (SSSR count). The largest absolute Gasteiger partial charge is 0.492 e. The number of aryl methyl sites for hydroxylation is 2. The van der Waals surface area contributed by atoms with Crippen LogP contribution in [-0.2, 0) is 29.0 Å². The van der Waals surface area contributed by atoms with Crippen molar-refractivity contribution in [3.8, 4) is 5.75 Å². The van der Waals surface area contributed by atoms with E-state index in [9.17, 15) is 14.4 Å². The third kappa shape index (κ3) is 5.17. The number of esters is 1. The van der Waals surface area contributed by atoms with Gasteiger partial charge in [0.15, 0.2) is 0 Å². The summed E-state index contributed by atoms with van der Waals surface area (Å²) in [5, 5.41) is 0. The van der Waals surface area contributed by atoms with Crippen LogP contribution in [0.2, 0.25) is 0 Å². The first kappa shape index (κ1) is 24.0. The lowest BCUT2D eigenvalue weighted by Crippen LogP contribution is -2.29. The van der Waals surface area contributed by atoms with E-state index in [0.29, 0.717) is 50.3 Å². The lowest BCUT2D eigenvalue weighted by molar-refractivity contribution is -0.126. The molecule has 1 amide bonds. The van der Waals surface area contributed by atoms with Gasteiger partial charge >= 0.3 is 5.97 Å². The minimum absolute atomic E-state index is 0.0258. The highest BCUT2D eigenvalue weighted by atomic mass is 16.5. The molecule has 1 aromatic carbocycles. The van der Waals surface area contributed by atoms with Gasteiger partial charge in [0.25, 0.3) is 5.56 Å². The van der Waals surface area contributed by atoms with Crippen molar-refractivity contribution in [2.75, 3.05) is 40.4 Å². The minimum atomic E-state index is -0.513. The second kappa shape index (κ2) is 10.0. The van der Waals surface area contributed by atoms with Crippen molar-refractivity contribution >= 4 is 11.9 Å². The minimum Gasteiger partial charge on any atom is -0.492 e. The number of carbonyl (C=O) groups is 2. The summed E-state index contributed by atoms with van der Waals surface area (Å²) < 4.78 is 12.7. The number of hydrogen-bond acceptors (Lipinski definition) is 6. The van der Waals surface area contributed by atoms with Crippen LogP contribution in [0.25, 0.3) is 0 Å². The van der Waals surface area contributed by atoms with Crippen molar-refractivity contribution in [3.63, 3.8) is 0 Å². The van der Waals surface area contributed by atoms with E-state index in [1.54, 1.807) is 16.5 Å². The highest BCUT2D eigenvalue weighted by molar-refractivity contribution is 5.93. The Morgan fingerprint density at radius 2 is 1.79 bits per heavy atom. The summed E-state index contributed by atoms with van der Waals surface area (Å²) in [6.07, 6.45) is 0.938. The Morgan fingerprint density at radius 3 is 2.44 bits per heavy atom. The summed E-state index contributed by atoms with van der Waals surface area (Å²) in [6.45, 7) is 7.75. The third-order valence-corrected chi connectivity index (χ3v) is 6.66. The molecule has 0 saturated carbocycles. The van der Waals surface area contributed by atoms with E-state index in [4.69, 9.17) is 9.47 Å². The first-order valence-corrected chi connectivity index (χ1v) is 11.8. The van der Waals surface area contributed by atoms with Crippen LogP contribution >= 0.6 is 0 Å². The molecule has 0 spiro atoms. The smallest absolute Gasteiger partial charge is 0.343 e. The molecule has 0 radical (unpaired) electrons. The Labute approximate surface area is 200 Å². The SMILES string of the molecule is COC(=O)c1c(OC[C@H]2CC(=O)N(C)C2)cc(=O)n2c1CCN(Cc1cc(C)cc(C)c1)CC2. The highest BCUT2D eigenvalue weighted by Crippen LogP contribution is 2.26. The third-order valence-electron chi connectivity index (χ3n) is 6.66. The van der Waals surface area contributed by atoms with Gasteiger partial charge in [-0.2, -0.15) is 0 Å². The Balaban J connectivity index is 1.57. The van der Waals surface area contributed by atoms with Gasteiger partial charge in [-0.05, 0) is 19.4 Å². The highest BCUT2D eigenvalue weighted by Gasteiger charge is 2.30. The number of rotatable bonds is 6.